The number of hydrogen-bond donors (Lipinski definition) is 1. The van der Waals surface area contributed by atoms with Crippen molar-refractivity contribution in [3.63, 3.8) is 0 Å². The summed E-state index contributed by atoms with van der Waals surface area (Å²) in [4.78, 5) is 0. The van der Waals surface area contributed by atoms with Crippen molar-refractivity contribution in [3.8, 4) is 0 Å². The van der Waals surface area contributed by atoms with E-state index in [-0.39, 0.29) is 6.10 Å². The second-order valence-electron chi connectivity index (χ2n) is 5.04. The maximum Gasteiger partial charge on any atom is 0.483 e. The largest absolute Gasteiger partial charge is 0.483 e. The summed E-state index contributed by atoms with van der Waals surface area (Å²) in [6.45, 7) is 4.42. The SMILES string of the molecule is CC(C)C[C@@H]1C=CB(O)O[C@H]1c1ccccc1. The molecule has 0 amide bonds. The van der Waals surface area contributed by atoms with Gasteiger partial charge in [-0.25, -0.2) is 0 Å². The first-order chi connectivity index (χ1) is 8.16. The second kappa shape index (κ2) is 5.52. The van der Waals surface area contributed by atoms with Gasteiger partial charge in [-0.15, -0.1) is 0 Å². The minimum Gasteiger partial charge on any atom is -0.423 e. The molecule has 90 valence electrons. The third kappa shape index (κ3) is 3.21. The van der Waals surface area contributed by atoms with Crippen molar-refractivity contribution in [1.29, 1.82) is 0 Å². The summed E-state index contributed by atoms with van der Waals surface area (Å²) in [5.74, 6) is 2.71. The summed E-state index contributed by atoms with van der Waals surface area (Å²) in [6, 6.07) is 10.1. The lowest BCUT2D eigenvalue weighted by molar-refractivity contribution is 0.115. The normalized spacial score (nSPS) is 24.4. The van der Waals surface area contributed by atoms with E-state index < -0.39 is 7.12 Å². The predicted octanol–water partition coefficient (Wildman–Crippen LogP) is 3.00. The molecule has 0 aliphatic carbocycles. The fraction of sp³-hybridized carbons (Fsp3) is 0.429. The van der Waals surface area contributed by atoms with Crippen molar-refractivity contribution in [2.24, 2.45) is 11.8 Å². The van der Waals surface area contributed by atoms with Gasteiger partial charge < -0.3 is 9.68 Å². The molecule has 2 atom stereocenters. The Morgan fingerprint density at radius 2 is 2.00 bits per heavy atom. The lowest BCUT2D eigenvalue weighted by Crippen LogP contribution is -2.29. The molecule has 0 aromatic heterocycles. The Labute approximate surface area is 103 Å². The quantitative estimate of drug-likeness (QED) is 0.809. The Morgan fingerprint density at radius 1 is 1.29 bits per heavy atom. The first-order valence-corrected chi connectivity index (χ1v) is 6.23. The van der Waals surface area contributed by atoms with Crippen molar-refractivity contribution >= 4 is 7.12 Å². The average Bonchev–Trinajstić information content (AvgIpc) is 2.32. The molecule has 1 aliphatic heterocycles. The first kappa shape index (κ1) is 12.4. The van der Waals surface area contributed by atoms with Gasteiger partial charge in [0, 0.05) is 5.92 Å². The van der Waals surface area contributed by atoms with E-state index in [4.69, 9.17) is 4.65 Å². The van der Waals surface area contributed by atoms with Gasteiger partial charge in [-0.3, -0.25) is 0 Å². The van der Waals surface area contributed by atoms with Gasteiger partial charge in [0.15, 0.2) is 0 Å². The second-order valence-corrected chi connectivity index (χ2v) is 5.04. The molecule has 0 unspecified atom stereocenters. The van der Waals surface area contributed by atoms with Crippen LogP contribution in [-0.2, 0) is 4.65 Å². The molecule has 3 heteroatoms. The van der Waals surface area contributed by atoms with Crippen LogP contribution < -0.4 is 0 Å². The highest BCUT2D eigenvalue weighted by molar-refractivity contribution is 6.49. The lowest BCUT2D eigenvalue weighted by atomic mass is 9.78. The van der Waals surface area contributed by atoms with Crippen LogP contribution in [0.5, 0.6) is 0 Å². The average molecular weight is 230 g/mol. The standard InChI is InChI=1S/C14H19BO2/c1-11(2)10-13-8-9-15(16)17-14(13)12-6-4-3-5-7-12/h3-9,11,13-14,16H,10H2,1-2H3/t13-,14-/m0/s1. The minimum absolute atomic E-state index is 0.0291. The van der Waals surface area contributed by atoms with E-state index in [2.05, 4.69) is 32.1 Å². The molecule has 1 aromatic rings. The van der Waals surface area contributed by atoms with Crippen LogP contribution in [0, 0.1) is 11.8 Å². The molecule has 0 spiro atoms. The van der Waals surface area contributed by atoms with Crippen LogP contribution in [0.15, 0.2) is 42.4 Å². The molecule has 0 fully saturated rings. The van der Waals surface area contributed by atoms with Crippen LogP contribution in [0.4, 0.5) is 0 Å². The van der Waals surface area contributed by atoms with Crippen LogP contribution >= 0.6 is 0 Å². The topological polar surface area (TPSA) is 29.5 Å². The van der Waals surface area contributed by atoms with E-state index in [1.54, 1.807) is 5.98 Å². The van der Waals surface area contributed by atoms with Crippen molar-refractivity contribution in [2.75, 3.05) is 0 Å². The van der Waals surface area contributed by atoms with E-state index in [1.165, 1.54) is 0 Å². The van der Waals surface area contributed by atoms with Crippen molar-refractivity contribution < 1.29 is 9.68 Å². The lowest BCUT2D eigenvalue weighted by Gasteiger charge is -2.31. The first-order valence-electron chi connectivity index (χ1n) is 6.23. The van der Waals surface area contributed by atoms with Crippen molar-refractivity contribution in [2.45, 2.75) is 26.4 Å². The highest BCUT2D eigenvalue weighted by Gasteiger charge is 2.30. The van der Waals surface area contributed by atoms with E-state index in [0.29, 0.717) is 11.8 Å². The van der Waals surface area contributed by atoms with Crippen LogP contribution in [0.1, 0.15) is 31.9 Å². The molecule has 1 N–H and O–H groups in total. The molecule has 0 saturated carbocycles. The zero-order valence-electron chi connectivity index (χ0n) is 10.4. The fourth-order valence-corrected chi connectivity index (χ4v) is 2.35. The molecule has 0 saturated heterocycles. The Balaban J connectivity index is 2.20. The monoisotopic (exact) mass is 230 g/mol. The van der Waals surface area contributed by atoms with Crippen LogP contribution in [-0.4, -0.2) is 12.1 Å². The Hall–Kier alpha value is -1.06. The van der Waals surface area contributed by atoms with Gasteiger partial charge >= 0.3 is 7.12 Å². The number of rotatable bonds is 3. The highest BCUT2D eigenvalue weighted by Crippen LogP contribution is 2.34. The zero-order chi connectivity index (χ0) is 12.3. The summed E-state index contributed by atoms with van der Waals surface area (Å²) >= 11 is 0. The maximum atomic E-state index is 9.58. The molecule has 1 aromatic carbocycles. The van der Waals surface area contributed by atoms with Gasteiger partial charge in [-0.2, -0.15) is 0 Å². The van der Waals surface area contributed by atoms with Crippen molar-refractivity contribution in [1.82, 2.24) is 0 Å². The summed E-state index contributed by atoms with van der Waals surface area (Å²) in [5, 5.41) is 9.58. The van der Waals surface area contributed by atoms with Crippen LogP contribution in [0.3, 0.4) is 0 Å². The molecular formula is C14H19BO2. The molecule has 2 rings (SSSR count). The number of hydrogen-bond acceptors (Lipinski definition) is 2. The molecule has 0 radical (unpaired) electrons. The molecule has 0 bridgehead atoms. The molecule has 17 heavy (non-hydrogen) atoms. The Bertz CT molecular complexity index is 375. The fourth-order valence-electron chi connectivity index (χ4n) is 2.35. The van der Waals surface area contributed by atoms with Crippen LogP contribution in [0.25, 0.3) is 0 Å². The van der Waals surface area contributed by atoms with E-state index >= 15 is 0 Å². The minimum atomic E-state index is -0.774. The third-order valence-corrected chi connectivity index (χ3v) is 3.07. The summed E-state index contributed by atoms with van der Waals surface area (Å²) in [5.41, 5.74) is 1.14. The van der Waals surface area contributed by atoms with E-state index in [1.807, 2.05) is 18.2 Å². The summed E-state index contributed by atoms with van der Waals surface area (Å²) < 4.78 is 5.65. The third-order valence-electron chi connectivity index (χ3n) is 3.07. The van der Waals surface area contributed by atoms with Gasteiger partial charge in [0.1, 0.15) is 0 Å². The molecular weight excluding hydrogens is 211 g/mol. The molecule has 1 aliphatic rings. The van der Waals surface area contributed by atoms with Gasteiger partial charge in [0.25, 0.3) is 0 Å². The Morgan fingerprint density at radius 3 is 2.65 bits per heavy atom. The van der Waals surface area contributed by atoms with E-state index in [0.717, 1.165) is 12.0 Å². The molecule has 1 heterocycles. The molecule has 2 nitrogen and oxygen atoms in total. The van der Waals surface area contributed by atoms with Gasteiger partial charge in [-0.05, 0) is 17.9 Å². The van der Waals surface area contributed by atoms with Gasteiger partial charge in [-0.1, -0.05) is 56.2 Å². The Kier molecular flexibility index (Phi) is 4.03. The van der Waals surface area contributed by atoms with Crippen LogP contribution in [0.2, 0.25) is 0 Å². The summed E-state index contributed by atoms with van der Waals surface area (Å²) in [7, 11) is -0.774. The highest BCUT2D eigenvalue weighted by atomic mass is 16.5. The number of benzene rings is 1. The van der Waals surface area contributed by atoms with E-state index in [9.17, 15) is 5.02 Å². The maximum absolute atomic E-state index is 9.58. The predicted molar refractivity (Wildman–Crippen MR) is 70.3 cm³/mol. The zero-order valence-corrected chi connectivity index (χ0v) is 10.4. The van der Waals surface area contributed by atoms with Gasteiger partial charge in [0.05, 0.1) is 6.10 Å². The summed E-state index contributed by atoms with van der Waals surface area (Å²) in [6.07, 6.45) is 3.13. The smallest absolute Gasteiger partial charge is 0.423 e. The van der Waals surface area contributed by atoms with Crippen molar-refractivity contribution in [3.05, 3.63) is 47.9 Å². The van der Waals surface area contributed by atoms with Gasteiger partial charge in [0.2, 0.25) is 0 Å².